The first kappa shape index (κ1) is 21.7. The van der Waals surface area contributed by atoms with E-state index in [0.717, 1.165) is 42.7 Å². The number of benzene rings is 1. The molecule has 0 aromatic heterocycles. The summed E-state index contributed by atoms with van der Waals surface area (Å²) < 4.78 is 0. The average Bonchev–Trinajstić information content (AvgIpc) is 2.95. The second-order valence-electron chi connectivity index (χ2n) is 8.20. The maximum atomic E-state index is 13.0. The van der Waals surface area contributed by atoms with E-state index in [9.17, 15) is 9.59 Å². The quantitative estimate of drug-likeness (QED) is 0.858. The van der Waals surface area contributed by atoms with Gasteiger partial charge in [0.05, 0.1) is 5.92 Å². The number of nitrogens with two attached hydrogens (primary N) is 1. The number of piperidine rings is 1. The lowest BCUT2D eigenvalue weighted by Gasteiger charge is -2.36. The number of anilines is 1. The highest BCUT2D eigenvalue weighted by Crippen LogP contribution is 2.33. The third-order valence-electron chi connectivity index (χ3n) is 5.89. The molecular weight excluding hydrogens is 362 g/mol. The summed E-state index contributed by atoms with van der Waals surface area (Å²) in [5, 5.41) is 0. The van der Waals surface area contributed by atoms with Crippen molar-refractivity contribution in [2.24, 2.45) is 17.6 Å². The van der Waals surface area contributed by atoms with Crippen LogP contribution in [0, 0.1) is 32.6 Å². The molecule has 2 amide bonds. The van der Waals surface area contributed by atoms with Crippen LogP contribution in [-0.2, 0) is 9.59 Å². The highest BCUT2D eigenvalue weighted by Gasteiger charge is 2.39. The number of hydrogen-bond donors (Lipinski definition) is 1. The molecule has 0 aliphatic carbocycles. The maximum Gasteiger partial charge on any atom is 0.228 e. The van der Waals surface area contributed by atoms with Crippen molar-refractivity contribution >= 4 is 29.9 Å². The summed E-state index contributed by atoms with van der Waals surface area (Å²) in [6.45, 7) is 10.2. The van der Waals surface area contributed by atoms with Crippen LogP contribution in [0.3, 0.4) is 0 Å². The minimum Gasteiger partial charge on any atom is -0.342 e. The Kier molecular flexibility index (Phi) is 6.92. The molecule has 0 spiro atoms. The first-order valence-electron chi connectivity index (χ1n) is 9.70. The second kappa shape index (κ2) is 8.61. The van der Waals surface area contributed by atoms with Crippen molar-refractivity contribution in [2.75, 3.05) is 24.5 Å². The Bertz CT molecular complexity index is 696. The van der Waals surface area contributed by atoms with E-state index in [2.05, 4.69) is 19.1 Å². The largest absolute Gasteiger partial charge is 0.342 e. The number of likely N-dealkylation sites (tertiary alicyclic amines) is 1. The summed E-state index contributed by atoms with van der Waals surface area (Å²) in [7, 11) is 0. The van der Waals surface area contributed by atoms with Crippen molar-refractivity contribution in [2.45, 2.75) is 53.0 Å². The Balaban J connectivity index is 0.00000261. The van der Waals surface area contributed by atoms with E-state index in [1.54, 1.807) is 0 Å². The van der Waals surface area contributed by atoms with E-state index in [4.69, 9.17) is 5.73 Å². The van der Waals surface area contributed by atoms with Gasteiger partial charge in [0.15, 0.2) is 0 Å². The number of hydrogen-bond acceptors (Lipinski definition) is 3. The molecule has 2 N–H and O–H groups in total. The molecule has 2 aliphatic rings. The normalized spacial score (nSPS) is 24.0. The Morgan fingerprint density at radius 1 is 1.19 bits per heavy atom. The highest BCUT2D eigenvalue weighted by atomic mass is 35.5. The Morgan fingerprint density at radius 3 is 2.41 bits per heavy atom. The molecule has 3 atom stereocenters. The lowest BCUT2D eigenvalue weighted by atomic mass is 9.91. The van der Waals surface area contributed by atoms with Gasteiger partial charge in [0.1, 0.15) is 0 Å². The van der Waals surface area contributed by atoms with E-state index in [1.807, 2.05) is 30.6 Å². The number of nitrogens with zero attached hydrogens (tertiary/aromatic N) is 2. The lowest BCUT2D eigenvalue weighted by Crippen LogP contribution is -2.47. The molecule has 2 fully saturated rings. The van der Waals surface area contributed by atoms with Crippen LogP contribution in [0.4, 0.5) is 5.69 Å². The number of carbonyl (C=O) groups is 2. The number of aryl methyl sites for hydroxylation is 3. The molecule has 5 nitrogen and oxygen atoms in total. The molecule has 27 heavy (non-hydrogen) atoms. The van der Waals surface area contributed by atoms with Gasteiger partial charge in [-0.15, -0.1) is 12.4 Å². The summed E-state index contributed by atoms with van der Waals surface area (Å²) >= 11 is 0. The number of amides is 2. The fourth-order valence-electron chi connectivity index (χ4n) is 4.58. The van der Waals surface area contributed by atoms with Gasteiger partial charge >= 0.3 is 0 Å². The summed E-state index contributed by atoms with van der Waals surface area (Å²) in [6, 6.07) is 4.30. The molecular formula is C21H32ClN3O2. The number of halogens is 1. The van der Waals surface area contributed by atoms with E-state index in [1.165, 1.54) is 5.56 Å². The van der Waals surface area contributed by atoms with Crippen LogP contribution in [0.15, 0.2) is 12.1 Å². The van der Waals surface area contributed by atoms with Crippen LogP contribution in [0.2, 0.25) is 0 Å². The van der Waals surface area contributed by atoms with Crippen molar-refractivity contribution in [3.63, 3.8) is 0 Å². The van der Waals surface area contributed by atoms with E-state index in [0.29, 0.717) is 18.9 Å². The maximum absolute atomic E-state index is 13.0. The number of rotatable bonds is 3. The summed E-state index contributed by atoms with van der Waals surface area (Å²) in [5.74, 6) is 0.296. The second-order valence-corrected chi connectivity index (χ2v) is 8.20. The van der Waals surface area contributed by atoms with Gasteiger partial charge in [0.2, 0.25) is 11.8 Å². The molecule has 3 rings (SSSR count). The standard InChI is InChI=1S/C21H31N3O2.ClH/c1-13-8-14(2)20(15(3)9-13)24-12-18(10-19(24)25)21(26)23-7-5-6-17(11-23)16(4)22;/h8-9,16-18H,5-7,10-12,22H2,1-4H3;1H. The molecule has 1 aromatic carbocycles. The fraction of sp³-hybridized carbons (Fsp3) is 0.619. The zero-order valence-corrected chi connectivity index (χ0v) is 17.6. The Labute approximate surface area is 168 Å². The molecule has 3 unspecified atom stereocenters. The SMILES string of the molecule is Cc1cc(C)c(N2CC(C(=O)N3CCCC(C(C)N)C3)CC2=O)c(C)c1.Cl. The minimum absolute atomic E-state index is 0. The first-order valence-corrected chi connectivity index (χ1v) is 9.70. The summed E-state index contributed by atoms with van der Waals surface area (Å²) in [6.07, 6.45) is 2.39. The third kappa shape index (κ3) is 4.46. The van der Waals surface area contributed by atoms with Gasteiger partial charge in [-0.05, 0) is 57.6 Å². The van der Waals surface area contributed by atoms with E-state index >= 15 is 0 Å². The highest BCUT2D eigenvalue weighted by molar-refractivity contribution is 6.01. The zero-order chi connectivity index (χ0) is 19.0. The van der Waals surface area contributed by atoms with Crippen molar-refractivity contribution in [1.82, 2.24) is 4.90 Å². The summed E-state index contributed by atoms with van der Waals surface area (Å²) in [5.41, 5.74) is 10.4. The average molecular weight is 394 g/mol. The molecule has 0 saturated carbocycles. The van der Waals surface area contributed by atoms with Gasteiger partial charge in [0.25, 0.3) is 0 Å². The lowest BCUT2D eigenvalue weighted by molar-refractivity contribution is -0.137. The van der Waals surface area contributed by atoms with Crippen LogP contribution >= 0.6 is 12.4 Å². The molecule has 2 aliphatic heterocycles. The fourth-order valence-corrected chi connectivity index (χ4v) is 4.58. The Morgan fingerprint density at radius 2 is 1.81 bits per heavy atom. The van der Waals surface area contributed by atoms with Gasteiger partial charge < -0.3 is 15.5 Å². The smallest absolute Gasteiger partial charge is 0.228 e. The van der Waals surface area contributed by atoms with Gasteiger partial charge in [-0.2, -0.15) is 0 Å². The predicted octanol–water partition coefficient (Wildman–Crippen LogP) is 2.97. The molecule has 6 heteroatoms. The molecule has 150 valence electrons. The van der Waals surface area contributed by atoms with Crippen molar-refractivity contribution in [3.05, 3.63) is 28.8 Å². The third-order valence-corrected chi connectivity index (χ3v) is 5.89. The van der Waals surface area contributed by atoms with Crippen molar-refractivity contribution in [1.29, 1.82) is 0 Å². The van der Waals surface area contributed by atoms with Gasteiger partial charge in [0, 0.05) is 37.8 Å². The van der Waals surface area contributed by atoms with Crippen LogP contribution < -0.4 is 10.6 Å². The van der Waals surface area contributed by atoms with Crippen LogP contribution in [-0.4, -0.2) is 42.4 Å². The monoisotopic (exact) mass is 393 g/mol. The van der Waals surface area contributed by atoms with E-state index < -0.39 is 0 Å². The van der Waals surface area contributed by atoms with Crippen LogP contribution in [0.25, 0.3) is 0 Å². The van der Waals surface area contributed by atoms with Crippen molar-refractivity contribution in [3.8, 4) is 0 Å². The van der Waals surface area contributed by atoms with Crippen LogP contribution in [0.1, 0.15) is 42.9 Å². The van der Waals surface area contributed by atoms with E-state index in [-0.39, 0.29) is 36.2 Å². The molecule has 0 radical (unpaired) electrons. The first-order chi connectivity index (χ1) is 12.3. The Hall–Kier alpha value is -1.59. The molecule has 1 aromatic rings. The molecule has 2 heterocycles. The van der Waals surface area contributed by atoms with Crippen molar-refractivity contribution < 1.29 is 9.59 Å². The number of carbonyl (C=O) groups excluding carboxylic acids is 2. The molecule has 2 saturated heterocycles. The topological polar surface area (TPSA) is 66.6 Å². The van der Waals surface area contributed by atoms with Gasteiger partial charge in [-0.1, -0.05) is 17.7 Å². The molecule has 0 bridgehead atoms. The zero-order valence-electron chi connectivity index (χ0n) is 16.8. The minimum atomic E-state index is -0.241. The summed E-state index contributed by atoms with van der Waals surface area (Å²) in [4.78, 5) is 29.4. The van der Waals surface area contributed by atoms with Gasteiger partial charge in [-0.3, -0.25) is 9.59 Å². The predicted molar refractivity (Wildman–Crippen MR) is 111 cm³/mol. The van der Waals surface area contributed by atoms with Gasteiger partial charge in [-0.25, -0.2) is 0 Å². The van der Waals surface area contributed by atoms with Crippen LogP contribution in [0.5, 0.6) is 0 Å².